The van der Waals surface area contributed by atoms with Crippen LogP contribution in [0.25, 0.3) is 0 Å². The van der Waals surface area contributed by atoms with E-state index < -0.39 is 6.10 Å². The van der Waals surface area contributed by atoms with E-state index in [4.69, 9.17) is 4.74 Å². The van der Waals surface area contributed by atoms with Gasteiger partial charge in [0.25, 0.3) is 0 Å². The molecule has 1 saturated heterocycles. The number of aliphatic hydroxyl groups is 1. The van der Waals surface area contributed by atoms with Gasteiger partial charge in [0.2, 0.25) is 5.91 Å². The second kappa shape index (κ2) is 7.43. The predicted molar refractivity (Wildman–Crippen MR) is 89.3 cm³/mol. The number of morpholine rings is 1. The molecule has 1 aromatic carbocycles. The minimum atomic E-state index is -0.494. The summed E-state index contributed by atoms with van der Waals surface area (Å²) in [7, 11) is 0. The molecule has 3 rings (SSSR count). The van der Waals surface area contributed by atoms with Crippen LogP contribution in [0.3, 0.4) is 0 Å². The molecule has 23 heavy (non-hydrogen) atoms. The second-order valence-electron chi connectivity index (χ2n) is 6.63. The van der Waals surface area contributed by atoms with Gasteiger partial charge in [0.15, 0.2) is 0 Å². The monoisotopic (exact) mass is 318 g/mol. The number of hydrogen-bond donors (Lipinski definition) is 2. The maximum absolute atomic E-state index is 12.4. The lowest BCUT2D eigenvalue weighted by molar-refractivity contribution is -0.122. The summed E-state index contributed by atoms with van der Waals surface area (Å²) in [6, 6.07) is 6.23. The van der Waals surface area contributed by atoms with Gasteiger partial charge >= 0.3 is 0 Å². The van der Waals surface area contributed by atoms with Crippen molar-refractivity contribution >= 4 is 11.6 Å². The maximum atomic E-state index is 12.4. The molecule has 1 amide bonds. The minimum Gasteiger partial charge on any atom is -0.392 e. The zero-order valence-electron chi connectivity index (χ0n) is 13.8. The molecule has 0 aromatic heterocycles. The Morgan fingerprint density at radius 3 is 2.83 bits per heavy atom. The third-order valence-corrected chi connectivity index (χ3v) is 4.89. The first-order valence-corrected chi connectivity index (χ1v) is 8.52. The third kappa shape index (κ3) is 4.10. The van der Waals surface area contributed by atoms with Crippen LogP contribution in [0.2, 0.25) is 0 Å². The van der Waals surface area contributed by atoms with Crippen molar-refractivity contribution in [3.05, 3.63) is 29.3 Å². The molecule has 2 fully saturated rings. The van der Waals surface area contributed by atoms with Gasteiger partial charge in [0.05, 0.1) is 25.2 Å². The highest BCUT2D eigenvalue weighted by molar-refractivity contribution is 5.93. The Morgan fingerprint density at radius 2 is 2.13 bits per heavy atom. The lowest BCUT2D eigenvalue weighted by Crippen LogP contribution is -2.35. The Labute approximate surface area is 137 Å². The third-order valence-electron chi connectivity index (χ3n) is 4.89. The average Bonchev–Trinajstić information content (AvgIpc) is 2.98. The summed E-state index contributed by atoms with van der Waals surface area (Å²) in [4.78, 5) is 14.7. The molecule has 2 aliphatic rings. The topological polar surface area (TPSA) is 61.8 Å². The summed E-state index contributed by atoms with van der Waals surface area (Å²) in [6.07, 6.45) is 1.94. The number of nitrogens with one attached hydrogen (secondary N) is 1. The lowest BCUT2D eigenvalue weighted by Gasteiger charge is -2.27. The van der Waals surface area contributed by atoms with Gasteiger partial charge in [-0.1, -0.05) is 12.1 Å². The summed E-state index contributed by atoms with van der Waals surface area (Å²) in [5, 5.41) is 12.9. The number of aryl methyl sites for hydroxylation is 1. The molecule has 0 radical (unpaired) electrons. The molecule has 0 spiro atoms. The van der Waals surface area contributed by atoms with E-state index in [1.54, 1.807) is 0 Å². The van der Waals surface area contributed by atoms with E-state index in [2.05, 4.69) is 28.4 Å². The molecule has 5 heteroatoms. The molecule has 1 aromatic rings. The summed E-state index contributed by atoms with van der Waals surface area (Å²) in [5.41, 5.74) is 3.11. The van der Waals surface area contributed by atoms with Crippen LogP contribution in [0.4, 0.5) is 5.69 Å². The predicted octanol–water partition coefficient (Wildman–Crippen LogP) is 1.93. The van der Waals surface area contributed by atoms with Gasteiger partial charge in [-0.2, -0.15) is 0 Å². The smallest absolute Gasteiger partial charge is 0.230 e. The van der Waals surface area contributed by atoms with E-state index in [1.807, 2.05) is 6.92 Å². The van der Waals surface area contributed by atoms with Crippen LogP contribution in [0.1, 0.15) is 30.4 Å². The molecule has 1 aliphatic heterocycles. The lowest BCUT2D eigenvalue weighted by atomic mass is 10.0. The Bertz CT molecular complexity index is 555. The van der Waals surface area contributed by atoms with Crippen molar-refractivity contribution < 1.29 is 14.6 Å². The van der Waals surface area contributed by atoms with Gasteiger partial charge in [-0.3, -0.25) is 9.69 Å². The second-order valence-corrected chi connectivity index (χ2v) is 6.63. The van der Waals surface area contributed by atoms with Crippen LogP contribution < -0.4 is 5.32 Å². The molecule has 2 N–H and O–H groups in total. The van der Waals surface area contributed by atoms with Crippen molar-refractivity contribution in [1.29, 1.82) is 0 Å². The number of carbonyl (C=O) groups is 1. The van der Waals surface area contributed by atoms with Crippen molar-refractivity contribution in [3.8, 4) is 0 Å². The fourth-order valence-corrected chi connectivity index (χ4v) is 3.39. The Kier molecular flexibility index (Phi) is 5.30. The van der Waals surface area contributed by atoms with Crippen molar-refractivity contribution in [2.24, 2.45) is 5.92 Å². The molecule has 1 heterocycles. The average molecular weight is 318 g/mol. The van der Waals surface area contributed by atoms with Gasteiger partial charge < -0.3 is 15.2 Å². The Morgan fingerprint density at radius 1 is 1.35 bits per heavy atom. The molecule has 126 valence electrons. The number of amides is 1. The zero-order valence-corrected chi connectivity index (χ0v) is 13.8. The fraction of sp³-hybridized carbons (Fsp3) is 0.611. The van der Waals surface area contributed by atoms with Crippen LogP contribution in [-0.4, -0.2) is 48.3 Å². The van der Waals surface area contributed by atoms with E-state index in [-0.39, 0.29) is 11.8 Å². The first-order chi connectivity index (χ1) is 11.1. The zero-order chi connectivity index (χ0) is 16.2. The molecular formula is C18H26N2O3. The van der Waals surface area contributed by atoms with Crippen LogP contribution in [0.15, 0.2) is 18.2 Å². The van der Waals surface area contributed by atoms with E-state index in [0.717, 1.165) is 63.4 Å². The molecule has 1 aliphatic carbocycles. The highest BCUT2D eigenvalue weighted by Crippen LogP contribution is 2.27. The number of aliphatic hydroxyl groups excluding tert-OH is 1. The van der Waals surface area contributed by atoms with Gasteiger partial charge in [-0.05, 0) is 43.4 Å². The molecule has 2 atom stereocenters. The van der Waals surface area contributed by atoms with Gasteiger partial charge in [0.1, 0.15) is 0 Å². The summed E-state index contributed by atoms with van der Waals surface area (Å²) in [6.45, 7) is 6.34. The number of rotatable bonds is 4. The quantitative estimate of drug-likeness (QED) is 0.890. The van der Waals surface area contributed by atoms with E-state index in [9.17, 15) is 9.90 Å². The van der Waals surface area contributed by atoms with E-state index in [1.165, 1.54) is 5.56 Å². The molecular weight excluding hydrogens is 292 g/mol. The fourth-order valence-electron chi connectivity index (χ4n) is 3.39. The van der Waals surface area contributed by atoms with Gasteiger partial charge in [0, 0.05) is 25.3 Å². The number of carbonyl (C=O) groups excluding carboxylic acids is 1. The maximum Gasteiger partial charge on any atom is 0.230 e. The van der Waals surface area contributed by atoms with Gasteiger partial charge in [-0.15, -0.1) is 0 Å². The SMILES string of the molecule is Cc1ccc(CN2CCOCC2)cc1NC(=O)C1CCCC1O. The molecule has 2 unspecified atom stereocenters. The number of hydrogen-bond acceptors (Lipinski definition) is 4. The van der Waals surface area contributed by atoms with Crippen molar-refractivity contribution in [2.45, 2.75) is 38.8 Å². The van der Waals surface area contributed by atoms with Crippen LogP contribution >= 0.6 is 0 Å². The highest BCUT2D eigenvalue weighted by Gasteiger charge is 2.31. The first kappa shape index (κ1) is 16.4. The normalized spacial score (nSPS) is 25.5. The number of ether oxygens (including phenoxy) is 1. The van der Waals surface area contributed by atoms with Crippen molar-refractivity contribution in [3.63, 3.8) is 0 Å². The first-order valence-electron chi connectivity index (χ1n) is 8.52. The van der Waals surface area contributed by atoms with Crippen molar-refractivity contribution in [2.75, 3.05) is 31.6 Å². The standard InChI is InChI=1S/C18H26N2O3/c1-13-5-6-14(12-20-7-9-23-10-8-20)11-16(13)19-18(22)15-3-2-4-17(15)21/h5-6,11,15,17,21H,2-4,7-10,12H2,1H3,(H,19,22). The largest absolute Gasteiger partial charge is 0.392 e. The number of nitrogens with zero attached hydrogens (tertiary/aromatic N) is 1. The highest BCUT2D eigenvalue weighted by atomic mass is 16.5. The van der Waals surface area contributed by atoms with E-state index in [0.29, 0.717) is 0 Å². The van der Waals surface area contributed by atoms with E-state index >= 15 is 0 Å². The van der Waals surface area contributed by atoms with Crippen LogP contribution in [-0.2, 0) is 16.1 Å². The molecule has 5 nitrogen and oxygen atoms in total. The summed E-state index contributed by atoms with van der Waals surface area (Å²) in [5.74, 6) is -0.320. The number of anilines is 1. The van der Waals surface area contributed by atoms with Crippen LogP contribution in [0, 0.1) is 12.8 Å². The number of benzene rings is 1. The Hall–Kier alpha value is -1.43. The Balaban J connectivity index is 1.66. The molecule has 0 bridgehead atoms. The minimum absolute atomic E-state index is 0.0541. The summed E-state index contributed by atoms with van der Waals surface area (Å²) < 4.78 is 5.38. The van der Waals surface area contributed by atoms with Crippen molar-refractivity contribution in [1.82, 2.24) is 4.90 Å². The molecule has 1 saturated carbocycles. The van der Waals surface area contributed by atoms with Crippen LogP contribution in [0.5, 0.6) is 0 Å². The summed E-state index contributed by atoms with van der Waals surface area (Å²) >= 11 is 0. The van der Waals surface area contributed by atoms with Gasteiger partial charge in [-0.25, -0.2) is 0 Å².